The molecule has 10 rings (SSSR count). The minimum absolute atomic E-state index is 0.810. The van der Waals surface area contributed by atoms with Crippen LogP contribution in [0.1, 0.15) is 5.56 Å². The van der Waals surface area contributed by atoms with Crippen LogP contribution in [-0.4, -0.2) is 9.13 Å². The molecular formula is C45H30N2. The van der Waals surface area contributed by atoms with Crippen LogP contribution >= 0.6 is 0 Å². The van der Waals surface area contributed by atoms with Gasteiger partial charge in [-0.1, -0.05) is 121 Å². The second-order valence-electron chi connectivity index (χ2n) is 12.6. The van der Waals surface area contributed by atoms with Crippen molar-refractivity contribution in [3.05, 3.63) is 175 Å². The fourth-order valence-corrected chi connectivity index (χ4v) is 7.82. The average Bonchev–Trinajstić information content (AvgIpc) is 3.64. The van der Waals surface area contributed by atoms with Gasteiger partial charge in [-0.25, -0.2) is 0 Å². The van der Waals surface area contributed by atoms with E-state index in [9.17, 15) is 0 Å². The SMILES string of the molecule is c1ccc(-n2c3ccccc3c3cc(-c4ccc5c(c4)c4ccccc4n5Cc4cccc5c4ccc4ccccc45)ccc32)cc1. The molecule has 47 heavy (non-hydrogen) atoms. The lowest BCUT2D eigenvalue weighted by atomic mass is 9.98. The summed E-state index contributed by atoms with van der Waals surface area (Å²) < 4.78 is 4.87. The molecule has 0 unspecified atom stereocenters. The van der Waals surface area contributed by atoms with E-state index in [1.807, 2.05) is 0 Å². The lowest BCUT2D eigenvalue weighted by Crippen LogP contribution is -2.00. The summed E-state index contributed by atoms with van der Waals surface area (Å²) in [6, 6.07) is 62.2. The van der Waals surface area contributed by atoms with Crippen LogP contribution in [0, 0.1) is 0 Å². The highest BCUT2D eigenvalue weighted by Crippen LogP contribution is 2.38. The number of hydrogen-bond acceptors (Lipinski definition) is 0. The second-order valence-corrected chi connectivity index (χ2v) is 12.6. The molecule has 0 spiro atoms. The maximum Gasteiger partial charge on any atom is 0.0541 e. The summed E-state index contributed by atoms with van der Waals surface area (Å²) in [6.45, 7) is 0.810. The molecule has 0 radical (unpaired) electrons. The number of nitrogens with zero attached hydrogens (tertiary/aromatic N) is 2. The van der Waals surface area contributed by atoms with E-state index in [0.717, 1.165) is 6.54 Å². The molecule has 0 fully saturated rings. The Morgan fingerprint density at radius 1 is 0.340 bits per heavy atom. The minimum Gasteiger partial charge on any atom is -0.336 e. The van der Waals surface area contributed by atoms with Crippen LogP contribution in [0.4, 0.5) is 0 Å². The molecule has 2 nitrogen and oxygen atoms in total. The third-order valence-electron chi connectivity index (χ3n) is 10.00. The molecular weight excluding hydrogens is 569 g/mol. The van der Waals surface area contributed by atoms with Crippen LogP contribution in [0.3, 0.4) is 0 Å². The Morgan fingerprint density at radius 3 is 1.72 bits per heavy atom. The van der Waals surface area contributed by atoms with Crippen molar-refractivity contribution in [2.45, 2.75) is 6.54 Å². The summed E-state index contributed by atoms with van der Waals surface area (Å²) in [6.07, 6.45) is 0. The van der Waals surface area contributed by atoms with Gasteiger partial charge < -0.3 is 9.13 Å². The summed E-state index contributed by atoms with van der Waals surface area (Å²) in [5, 5.41) is 10.3. The first-order chi connectivity index (χ1) is 23.3. The number of fused-ring (bicyclic) bond motifs is 9. The van der Waals surface area contributed by atoms with Crippen molar-refractivity contribution in [1.82, 2.24) is 9.13 Å². The number of para-hydroxylation sites is 3. The Balaban J connectivity index is 1.13. The molecule has 10 aromatic rings. The zero-order chi connectivity index (χ0) is 30.9. The molecule has 0 aliphatic carbocycles. The van der Waals surface area contributed by atoms with Crippen LogP contribution in [0.5, 0.6) is 0 Å². The highest BCUT2D eigenvalue weighted by atomic mass is 15.0. The van der Waals surface area contributed by atoms with Gasteiger partial charge in [0.25, 0.3) is 0 Å². The Morgan fingerprint density at radius 2 is 0.915 bits per heavy atom. The van der Waals surface area contributed by atoms with Gasteiger partial charge in [-0.3, -0.25) is 0 Å². The van der Waals surface area contributed by atoms with E-state index in [-0.39, 0.29) is 0 Å². The van der Waals surface area contributed by atoms with Crippen molar-refractivity contribution in [2.24, 2.45) is 0 Å². The third-order valence-corrected chi connectivity index (χ3v) is 10.00. The topological polar surface area (TPSA) is 9.86 Å². The van der Waals surface area contributed by atoms with Gasteiger partial charge in [0.1, 0.15) is 0 Å². The maximum absolute atomic E-state index is 2.50. The molecule has 0 aliphatic heterocycles. The summed E-state index contributed by atoms with van der Waals surface area (Å²) in [5.74, 6) is 0. The van der Waals surface area contributed by atoms with Crippen LogP contribution < -0.4 is 0 Å². The molecule has 2 heterocycles. The van der Waals surface area contributed by atoms with E-state index >= 15 is 0 Å². The molecule has 2 heteroatoms. The lowest BCUT2D eigenvalue weighted by Gasteiger charge is -2.13. The number of hydrogen-bond donors (Lipinski definition) is 0. The van der Waals surface area contributed by atoms with E-state index in [1.54, 1.807) is 0 Å². The first-order valence-corrected chi connectivity index (χ1v) is 16.3. The highest BCUT2D eigenvalue weighted by molar-refractivity contribution is 6.13. The molecule has 0 atom stereocenters. The van der Waals surface area contributed by atoms with Gasteiger partial charge in [-0.15, -0.1) is 0 Å². The molecule has 0 bridgehead atoms. The molecule has 220 valence electrons. The fraction of sp³-hybridized carbons (Fsp3) is 0.0222. The van der Waals surface area contributed by atoms with Gasteiger partial charge >= 0.3 is 0 Å². The summed E-state index contributed by atoms with van der Waals surface area (Å²) in [7, 11) is 0. The first kappa shape index (κ1) is 26.1. The van der Waals surface area contributed by atoms with E-state index in [2.05, 4.69) is 179 Å². The van der Waals surface area contributed by atoms with Crippen LogP contribution in [0.2, 0.25) is 0 Å². The number of benzene rings is 8. The van der Waals surface area contributed by atoms with Crippen molar-refractivity contribution >= 4 is 65.2 Å². The van der Waals surface area contributed by atoms with Gasteiger partial charge in [0.15, 0.2) is 0 Å². The van der Waals surface area contributed by atoms with Gasteiger partial charge in [0, 0.05) is 44.8 Å². The molecule has 2 aromatic heterocycles. The lowest BCUT2D eigenvalue weighted by molar-refractivity contribution is 0.876. The molecule has 8 aromatic carbocycles. The minimum atomic E-state index is 0.810. The van der Waals surface area contributed by atoms with Crippen LogP contribution in [-0.2, 0) is 6.54 Å². The monoisotopic (exact) mass is 598 g/mol. The Bertz CT molecular complexity index is 2820. The van der Waals surface area contributed by atoms with E-state index in [0.29, 0.717) is 0 Å². The van der Waals surface area contributed by atoms with Gasteiger partial charge in [-0.2, -0.15) is 0 Å². The zero-order valence-corrected chi connectivity index (χ0v) is 25.8. The average molecular weight is 599 g/mol. The van der Waals surface area contributed by atoms with Crippen LogP contribution in [0.15, 0.2) is 170 Å². The van der Waals surface area contributed by atoms with Gasteiger partial charge in [-0.05, 0) is 86.8 Å². The maximum atomic E-state index is 2.50. The smallest absolute Gasteiger partial charge is 0.0541 e. The quantitative estimate of drug-likeness (QED) is 0.178. The van der Waals surface area contributed by atoms with Gasteiger partial charge in [0.2, 0.25) is 0 Å². The summed E-state index contributed by atoms with van der Waals surface area (Å²) >= 11 is 0. The highest BCUT2D eigenvalue weighted by Gasteiger charge is 2.16. The van der Waals surface area contributed by atoms with E-state index in [1.165, 1.54) is 87.5 Å². The van der Waals surface area contributed by atoms with Crippen molar-refractivity contribution in [1.29, 1.82) is 0 Å². The van der Waals surface area contributed by atoms with Gasteiger partial charge in [0.05, 0.1) is 11.0 Å². The molecule has 0 amide bonds. The number of aromatic nitrogens is 2. The molecule has 0 N–H and O–H groups in total. The van der Waals surface area contributed by atoms with Crippen molar-refractivity contribution in [3.63, 3.8) is 0 Å². The Hall–Kier alpha value is -6.12. The zero-order valence-electron chi connectivity index (χ0n) is 25.8. The normalized spacial score (nSPS) is 11.9. The number of rotatable bonds is 4. The molecule has 0 saturated heterocycles. The Labute approximate surface area is 272 Å². The standard InChI is InChI=1S/C45H30N2/c1-2-13-34(14-3-1)47-44-20-9-7-17-39(44)41-28-32(23-26-45(41)47)31-22-25-43-40(27-31)38-16-6-8-19-42(38)46(43)29-33-12-10-18-37-35-15-5-4-11-30(35)21-24-36(33)37/h1-28H,29H2. The Kier molecular flexibility index (Phi) is 5.67. The third kappa shape index (κ3) is 3.98. The van der Waals surface area contributed by atoms with Crippen molar-refractivity contribution < 1.29 is 0 Å². The van der Waals surface area contributed by atoms with Crippen molar-refractivity contribution in [3.8, 4) is 16.8 Å². The molecule has 0 aliphatic rings. The van der Waals surface area contributed by atoms with E-state index in [4.69, 9.17) is 0 Å². The first-order valence-electron chi connectivity index (χ1n) is 16.3. The summed E-state index contributed by atoms with van der Waals surface area (Å²) in [5.41, 5.74) is 9.95. The second kappa shape index (κ2) is 10.2. The fourth-order valence-electron chi connectivity index (χ4n) is 7.82. The summed E-state index contributed by atoms with van der Waals surface area (Å²) in [4.78, 5) is 0. The predicted octanol–water partition coefficient (Wildman–Crippen LogP) is 11.9. The van der Waals surface area contributed by atoms with Crippen molar-refractivity contribution in [2.75, 3.05) is 0 Å². The van der Waals surface area contributed by atoms with Crippen LogP contribution in [0.25, 0.3) is 82.0 Å². The largest absolute Gasteiger partial charge is 0.336 e. The predicted molar refractivity (Wildman–Crippen MR) is 200 cm³/mol. The molecule has 0 saturated carbocycles. The van der Waals surface area contributed by atoms with E-state index < -0.39 is 0 Å².